The summed E-state index contributed by atoms with van der Waals surface area (Å²) in [5.74, 6) is -3.66. The average molecular weight is 412 g/mol. The lowest BCUT2D eigenvalue weighted by molar-refractivity contribution is -0.274. The number of hydrogen-bond acceptors (Lipinski definition) is 8. The lowest BCUT2D eigenvalue weighted by atomic mass is 9.75. The zero-order chi connectivity index (χ0) is 21.9. The van der Waals surface area contributed by atoms with Gasteiger partial charge in [-0.15, -0.1) is 13.2 Å². The molecule has 1 aliphatic heterocycles. The lowest BCUT2D eigenvalue weighted by Crippen LogP contribution is -2.32. The molecule has 8 nitrogen and oxygen atoms in total. The second-order valence-corrected chi connectivity index (χ2v) is 5.83. The molecule has 4 N–H and O–H groups in total. The van der Waals surface area contributed by atoms with E-state index in [2.05, 4.69) is 4.74 Å². The molecule has 1 unspecified atom stereocenters. The number of benzene rings is 1. The van der Waals surface area contributed by atoms with Crippen molar-refractivity contribution in [2.75, 3.05) is 6.61 Å². The summed E-state index contributed by atoms with van der Waals surface area (Å²) in [4.78, 5) is 12.5. The van der Waals surface area contributed by atoms with Gasteiger partial charge in [0.05, 0.1) is 18.1 Å². The van der Waals surface area contributed by atoms with Crippen LogP contribution in [0.2, 0.25) is 0 Å². The van der Waals surface area contributed by atoms with Crippen molar-refractivity contribution in [1.82, 2.24) is 0 Å². The Kier molecular flexibility index (Phi) is 6.46. The maximum atomic E-state index is 12.9. The van der Waals surface area contributed by atoms with E-state index in [0.717, 1.165) is 18.2 Å². The zero-order valence-corrected chi connectivity index (χ0v) is 15.3. The monoisotopic (exact) mass is 412 g/mol. The van der Waals surface area contributed by atoms with E-state index in [-0.39, 0.29) is 34.5 Å². The van der Waals surface area contributed by atoms with Crippen molar-refractivity contribution in [2.45, 2.75) is 26.1 Å². The third-order valence-electron chi connectivity index (χ3n) is 3.97. The summed E-state index contributed by atoms with van der Waals surface area (Å²) in [6.45, 7) is 2.79. The van der Waals surface area contributed by atoms with Crippen LogP contribution in [0.25, 0.3) is 0 Å². The van der Waals surface area contributed by atoms with Crippen molar-refractivity contribution in [3.63, 3.8) is 0 Å². The second-order valence-electron chi connectivity index (χ2n) is 5.83. The first-order chi connectivity index (χ1) is 13.5. The van der Waals surface area contributed by atoms with E-state index in [9.17, 15) is 33.3 Å². The lowest BCUT2D eigenvalue weighted by Gasteiger charge is -2.28. The summed E-state index contributed by atoms with van der Waals surface area (Å²) < 4.78 is 52.9. The average Bonchev–Trinajstić information content (AvgIpc) is 2.60. The first-order valence-electron chi connectivity index (χ1n) is 8.21. The Labute approximate surface area is 163 Å². The van der Waals surface area contributed by atoms with Crippen LogP contribution in [0, 0.1) is 11.3 Å². The van der Waals surface area contributed by atoms with E-state index in [1.807, 2.05) is 0 Å². The Morgan fingerprint density at radius 1 is 1.41 bits per heavy atom. The largest absolute Gasteiger partial charge is 0.573 e. The molecule has 0 saturated carbocycles. The maximum absolute atomic E-state index is 12.9. The van der Waals surface area contributed by atoms with E-state index >= 15 is 0 Å². The molecule has 0 saturated heterocycles. The van der Waals surface area contributed by atoms with Gasteiger partial charge in [-0.2, -0.15) is 5.26 Å². The van der Waals surface area contributed by atoms with Gasteiger partial charge in [-0.25, -0.2) is 4.79 Å². The highest BCUT2D eigenvalue weighted by Crippen LogP contribution is 2.43. The Morgan fingerprint density at radius 2 is 2.07 bits per heavy atom. The highest BCUT2D eigenvalue weighted by molar-refractivity contribution is 6.58. The number of carbonyl (C=O) groups excluding carboxylic acids is 1. The third kappa shape index (κ3) is 4.82. The normalized spacial score (nSPS) is 16.8. The molecular formula is C17H16BF3N2O6. The van der Waals surface area contributed by atoms with Crippen LogP contribution >= 0.6 is 0 Å². The van der Waals surface area contributed by atoms with Crippen molar-refractivity contribution < 1.29 is 42.2 Å². The van der Waals surface area contributed by atoms with Crippen LogP contribution in [-0.2, 0) is 14.3 Å². The Bertz CT molecular complexity index is 921. The van der Waals surface area contributed by atoms with Gasteiger partial charge in [-0.05, 0) is 25.4 Å². The first-order valence-corrected chi connectivity index (χ1v) is 8.21. The molecule has 0 bridgehead atoms. The molecule has 1 aliphatic rings. The van der Waals surface area contributed by atoms with Crippen molar-refractivity contribution in [2.24, 2.45) is 5.73 Å². The molecule has 2 rings (SSSR count). The number of halogens is 3. The minimum absolute atomic E-state index is 0.0509. The molecule has 0 fully saturated rings. The summed E-state index contributed by atoms with van der Waals surface area (Å²) in [6, 6.07) is 4.52. The number of ether oxygens (including phenoxy) is 3. The molecule has 0 spiro atoms. The summed E-state index contributed by atoms with van der Waals surface area (Å²) in [7, 11) is -2.03. The Hall–Kier alpha value is -3.17. The van der Waals surface area contributed by atoms with Crippen molar-refractivity contribution in [1.29, 1.82) is 5.26 Å². The van der Waals surface area contributed by atoms with E-state index in [1.54, 1.807) is 6.07 Å². The van der Waals surface area contributed by atoms with Gasteiger partial charge in [-0.3, -0.25) is 0 Å². The SMILES string of the molecule is CCOC(=O)C1=C(C)OC(N)=C(C#N)C1c1cc(B(O)O)ccc1OC(F)(F)F. The van der Waals surface area contributed by atoms with Gasteiger partial charge < -0.3 is 30.0 Å². The number of esters is 1. The first kappa shape index (κ1) is 22.1. The number of nitrogens with zero attached hydrogens (tertiary/aromatic N) is 1. The topological polar surface area (TPSA) is 135 Å². The minimum atomic E-state index is -5.09. The summed E-state index contributed by atoms with van der Waals surface area (Å²) in [5.41, 5.74) is 4.53. The molecule has 29 heavy (non-hydrogen) atoms. The highest BCUT2D eigenvalue weighted by Gasteiger charge is 2.40. The van der Waals surface area contributed by atoms with Gasteiger partial charge in [-0.1, -0.05) is 12.1 Å². The fourth-order valence-corrected chi connectivity index (χ4v) is 2.84. The van der Waals surface area contributed by atoms with Crippen LogP contribution in [0.1, 0.15) is 25.3 Å². The van der Waals surface area contributed by atoms with E-state index < -0.39 is 37.0 Å². The number of allylic oxidation sites excluding steroid dienone is 2. The minimum Gasteiger partial charge on any atom is -0.463 e. The predicted octanol–water partition coefficient (Wildman–Crippen LogP) is 0.910. The molecule has 1 heterocycles. The van der Waals surface area contributed by atoms with Crippen molar-refractivity contribution in [3.05, 3.63) is 46.6 Å². The number of carbonyl (C=O) groups is 1. The van der Waals surface area contributed by atoms with Gasteiger partial charge >= 0.3 is 19.5 Å². The van der Waals surface area contributed by atoms with Gasteiger partial charge in [0.1, 0.15) is 23.2 Å². The van der Waals surface area contributed by atoms with Crippen LogP contribution in [-0.4, -0.2) is 36.1 Å². The molecule has 0 amide bonds. The van der Waals surface area contributed by atoms with Gasteiger partial charge in [0.15, 0.2) is 0 Å². The molecule has 1 atom stereocenters. The molecule has 154 valence electrons. The zero-order valence-electron chi connectivity index (χ0n) is 15.3. The molecule has 12 heteroatoms. The second kappa shape index (κ2) is 8.46. The predicted molar refractivity (Wildman–Crippen MR) is 92.9 cm³/mol. The summed E-state index contributed by atoms with van der Waals surface area (Å²) >= 11 is 0. The molecule has 0 aliphatic carbocycles. The van der Waals surface area contributed by atoms with Gasteiger partial charge in [0.25, 0.3) is 0 Å². The standard InChI is InChI=1S/C17H16BF3N2O6/c1-3-27-16(24)13-8(2)28-15(23)11(7-22)14(13)10-6-9(18(25)26)4-5-12(10)29-17(19,20)21/h4-6,14,25-26H,3,23H2,1-2H3. The fourth-order valence-electron chi connectivity index (χ4n) is 2.84. The molecule has 1 aromatic carbocycles. The van der Waals surface area contributed by atoms with Gasteiger partial charge in [0.2, 0.25) is 5.88 Å². The quantitative estimate of drug-likeness (QED) is 0.480. The van der Waals surface area contributed by atoms with Gasteiger partial charge in [0, 0.05) is 5.56 Å². The number of nitrogens with two attached hydrogens (primary N) is 1. The third-order valence-corrected chi connectivity index (χ3v) is 3.97. The molecule has 0 radical (unpaired) electrons. The number of alkyl halides is 3. The van der Waals surface area contributed by atoms with Crippen molar-refractivity contribution >= 4 is 18.6 Å². The maximum Gasteiger partial charge on any atom is 0.573 e. The molecule has 0 aromatic heterocycles. The number of rotatable bonds is 5. The van der Waals surface area contributed by atoms with E-state index in [0.29, 0.717) is 0 Å². The van der Waals surface area contributed by atoms with E-state index in [1.165, 1.54) is 13.8 Å². The van der Waals surface area contributed by atoms with Crippen LogP contribution in [0.5, 0.6) is 5.75 Å². The van der Waals surface area contributed by atoms with Crippen molar-refractivity contribution in [3.8, 4) is 11.8 Å². The summed E-state index contributed by atoms with van der Waals surface area (Å²) in [5, 5.41) is 28.3. The summed E-state index contributed by atoms with van der Waals surface area (Å²) in [6.07, 6.45) is -5.09. The van der Waals surface area contributed by atoms with Crippen LogP contribution in [0.15, 0.2) is 41.0 Å². The number of hydrogen-bond donors (Lipinski definition) is 3. The fraction of sp³-hybridized carbons (Fsp3) is 0.294. The molecule has 1 aromatic rings. The smallest absolute Gasteiger partial charge is 0.463 e. The Balaban J connectivity index is 2.79. The van der Waals surface area contributed by atoms with Crippen LogP contribution in [0.3, 0.4) is 0 Å². The van der Waals surface area contributed by atoms with Crippen LogP contribution < -0.4 is 15.9 Å². The highest BCUT2D eigenvalue weighted by atomic mass is 19.4. The number of nitriles is 1. The molecular weight excluding hydrogens is 396 g/mol. The van der Waals surface area contributed by atoms with E-state index in [4.69, 9.17) is 15.2 Å². The van der Waals surface area contributed by atoms with Crippen LogP contribution in [0.4, 0.5) is 13.2 Å². The Morgan fingerprint density at radius 3 is 2.59 bits per heavy atom.